The molecule has 5 rings (SSSR count). The Morgan fingerprint density at radius 1 is 1.03 bits per heavy atom. The van der Waals surface area contributed by atoms with Gasteiger partial charge in [-0.2, -0.15) is 0 Å². The number of benzene rings is 2. The fourth-order valence-corrected chi connectivity index (χ4v) is 5.20. The third-order valence-corrected chi connectivity index (χ3v) is 7.27. The van der Waals surface area contributed by atoms with E-state index < -0.39 is 5.97 Å². The van der Waals surface area contributed by atoms with E-state index in [1.807, 2.05) is 24.3 Å². The van der Waals surface area contributed by atoms with Crippen molar-refractivity contribution in [2.45, 2.75) is 32.6 Å². The number of fused-ring (bicyclic) bond motifs is 2. The largest absolute Gasteiger partial charge is 0.469 e. The fourth-order valence-electron chi connectivity index (χ4n) is 5.20. The van der Waals surface area contributed by atoms with Crippen LogP contribution in [0.25, 0.3) is 22.6 Å². The van der Waals surface area contributed by atoms with Crippen LogP contribution in [0.2, 0.25) is 0 Å². The zero-order chi connectivity index (χ0) is 25.9. The third kappa shape index (κ3) is 5.12. The molecule has 190 valence electrons. The number of aryl methyl sites for hydroxylation is 1. The van der Waals surface area contributed by atoms with E-state index >= 15 is 0 Å². The van der Waals surface area contributed by atoms with Crippen molar-refractivity contribution in [1.29, 1.82) is 0 Å². The molecule has 1 aliphatic carbocycles. The number of pyridine rings is 1. The molecular weight excluding hydrogens is 468 g/mol. The molecule has 1 aromatic heterocycles. The molecular formula is C30H30N2O5. The summed E-state index contributed by atoms with van der Waals surface area (Å²) in [6.07, 6.45) is 4.69. The number of nitrogens with zero attached hydrogens (tertiary/aromatic N) is 2. The van der Waals surface area contributed by atoms with E-state index in [1.54, 1.807) is 4.90 Å². The molecule has 2 aliphatic rings. The Balaban J connectivity index is 1.36. The number of rotatable bonds is 5. The topological polar surface area (TPSA) is 85.8 Å². The quantitative estimate of drug-likeness (QED) is 0.478. The molecule has 0 saturated carbocycles. The summed E-state index contributed by atoms with van der Waals surface area (Å²) in [5, 5.41) is 0.731. The van der Waals surface area contributed by atoms with Crippen LogP contribution in [0.15, 0.2) is 48.5 Å². The van der Waals surface area contributed by atoms with Crippen molar-refractivity contribution in [3.05, 3.63) is 76.5 Å². The summed E-state index contributed by atoms with van der Waals surface area (Å²) in [7, 11) is 1.38. The molecule has 0 spiro atoms. The molecule has 1 amide bonds. The number of carbonyl (C=O) groups is 3. The fraction of sp³-hybridized carbons (Fsp3) is 0.333. The molecule has 2 heterocycles. The number of ether oxygens (including phenoxy) is 2. The van der Waals surface area contributed by atoms with Crippen molar-refractivity contribution >= 4 is 40.4 Å². The Morgan fingerprint density at radius 3 is 2.49 bits per heavy atom. The summed E-state index contributed by atoms with van der Waals surface area (Å²) < 4.78 is 10.4. The van der Waals surface area contributed by atoms with Crippen molar-refractivity contribution in [3.8, 4) is 0 Å². The Morgan fingerprint density at radius 2 is 1.76 bits per heavy atom. The van der Waals surface area contributed by atoms with Crippen LogP contribution in [-0.4, -0.2) is 54.5 Å². The average Bonchev–Trinajstić information content (AvgIpc) is 3.32. The number of piperidine rings is 1. The lowest BCUT2D eigenvalue weighted by Gasteiger charge is -2.30. The molecule has 7 nitrogen and oxygen atoms in total. The van der Waals surface area contributed by atoms with E-state index in [-0.39, 0.29) is 24.4 Å². The maximum atomic E-state index is 13.4. The summed E-state index contributed by atoms with van der Waals surface area (Å²) >= 11 is 0. The smallest absolute Gasteiger partial charge is 0.339 e. The molecule has 0 radical (unpaired) electrons. The Labute approximate surface area is 216 Å². The van der Waals surface area contributed by atoms with E-state index in [1.165, 1.54) is 12.7 Å². The molecule has 1 saturated heterocycles. The predicted molar refractivity (Wildman–Crippen MR) is 141 cm³/mol. The highest BCUT2D eigenvalue weighted by Crippen LogP contribution is 2.37. The van der Waals surface area contributed by atoms with Gasteiger partial charge in [0.1, 0.15) is 0 Å². The zero-order valence-corrected chi connectivity index (χ0v) is 21.2. The molecule has 0 bridgehead atoms. The van der Waals surface area contributed by atoms with Crippen LogP contribution in [0, 0.1) is 12.8 Å². The third-order valence-electron chi connectivity index (χ3n) is 7.27. The second-order valence-corrected chi connectivity index (χ2v) is 9.67. The Hall–Kier alpha value is -4.00. The maximum absolute atomic E-state index is 13.4. The Kier molecular flexibility index (Phi) is 7.04. The number of esters is 2. The van der Waals surface area contributed by atoms with Crippen LogP contribution in [0.4, 0.5) is 0 Å². The number of methoxy groups -OCH3 is 1. The molecule has 1 fully saturated rings. The van der Waals surface area contributed by atoms with Crippen molar-refractivity contribution in [2.24, 2.45) is 5.92 Å². The van der Waals surface area contributed by atoms with Gasteiger partial charge in [-0.15, -0.1) is 0 Å². The van der Waals surface area contributed by atoms with Gasteiger partial charge in [-0.3, -0.25) is 9.59 Å². The first-order valence-electron chi connectivity index (χ1n) is 12.7. The number of carbonyl (C=O) groups excluding carboxylic acids is 3. The second-order valence-electron chi connectivity index (χ2n) is 9.67. The Bertz CT molecular complexity index is 1390. The summed E-state index contributed by atoms with van der Waals surface area (Å²) in [4.78, 5) is 44.4. The number of para-hydroxylation sites is 1. The molecule has 2 aromatic carbocycles. The van der Waals surface area contributed by atoms with Gasteiger partial charge in [-0.05, 0) is 61.4 Å². The van der Waals surface area contributed by atoms with Gasteiger partial charge >= 0.3 is 11.9 Å². The molecule has 0 atom stereocenters. The van der Waals surface area contributed by atoms with E-state index in [4.69, 9.17) is 14.5 Å². The van der Waals surface area contributed by atoms with Crippen molar-refractivity contribution in [3.63, 3.8) is 0 Å². The normalized spacial score (nSPS) is 16.6. The lowest BCUT2D eigenvalue weighted by atomic mass is 9.97. The van der Waals surface area contributed by atoms with E-state index in [9.17, 15) is 14.4 Å². The maximum Gasteiger partial charge on any atom is 0.339 e. The van der Waals surface area contributed by atoms with E-state index in [2.05, 4.69) is 37.3 Å². The first-order valence-corrected chi connectivity index (χ1v) is 12.7. The van der Waals surface area contributed by atoms with Crippen molar-refractivity contribution < 1.29 is 23.9 Å². The van der Waals surface area contributed by atoms with Crippen LogP contribution in [0.5, 0.6) is 0 Å². The van der Waals surface area contributed by atoms with Gasteiger partial charge < -0.3 is 14.4 Å². The monoisotopic (exact) mass is 498 g/mol. The molecule has 0 N–H and O–H groups in total. The predicted octanol–water partition coefficient (Wildman–Crippen LogP) is 4.60. The summed E-state index contributed by atoms with van der Waals surface area (Å²) in [5.74, 6) is -1.20. The number of hydrogen-bond acceptors (Lipinski definition) is 6. The van der Waals surface area contributed by atoms with Crippen LogP contribution < -0.4 is 0 Å². The zero-order valence-electron chi connectivity index (χ0n) is 21.2. The number of likely N-dealkylation sites (tertiary alicyclic amines) is 1. The average molecular weight is 499 g/mol. The number of amides is 1. The summed E-state index contributed by atoms with van der Waals surface area (Å²) in [6.45, 7) is 2.61. The number of allylic oxidation sites excluding steroid dienone is 1. The van der Waals surface area contributed by atoms with Crippen LogP contribution >= 0.6 is 0 Å². The first-order chi connectivity index (χ1) is 17.9. The van der Waals surface area contributed by atoms with Crippen LogP contribution in [-0.2, 0) is 25.5 Å². The second kappa shape index (κ2) is 10.5. The first kappa shape index (κ1) is 24.7. The van der Waals surface area contributed by atoms with Crippen molar-refractivity contribution in [2.75, 3.05) is 26.8 Å². The minimum absolute atomic E-state index is 0.190. The highest BCUT2D eigenvalue weighted by atomic mass is 16.5. The lowest BCUT2D eigenvalue weighted by molar-refractivity contribution is -0.149. The highest BCUT2D eigenvalue weighted by Gasteiger charge is 2.30. The molecule has 3 aromatic rings. The van der Waals surface area contributed by atoms with Gasteiger partial charge in [0.2, 0.25) is 0 Å². The number of hydrogen-bond donors (Lipinski definition) is 0. The SMILES string of the molecule is COC(=O)C1CCN(C(=O)COC(=O)c2c3c(nc4ccccc24)/C(=C/c2ccc(C)cc2)CC3)CC1. The van der Waals surface area contributed by atoms with E-state index in [0.717, 1.165) is 39.7 Å². The van der Waals surface area contributed by atoms with Crippen molar-refractivity contribution in [1.82, 2.24) is 9.88 Å². The highest BCUT2D eigenvalue weighted by molar-refractivity contribution is 6.07. The van der Waals surface area contributed by atoms with E-state index in [0.29, 0.717) is 37.9 Å². The van der Waals surface area contributed by atoms with Gasteiger partial charge in [0.25, 0.3) is 5.91 Å². The van der Waals surface area contributed by atoms with Gasteiger partial charge in [-0.25, -0.2) is 9.78 Å². The molecule has 1 aliphatic heterocycles. The lowest BCUT2D eigenvalue weighted by Crippen LogP contribution is -2.42. The molecule has 7 heteroatoms. The van der Waals surface area contributed by atoms with Gasteiger partial charge in [0.15, 0.2) is 6.61 Å². The number of aromatic nitrogens is 1. The van der Waals surface area contributed by atoms with Crippen LogP contribution in [0.1, 0.15) is 52.0 Å². The minimum Gasteiger partial charge on any atom is -0.469 e. The van der Waals surface area contributed by atoms with Gasteiger partial charge in [0.05, 0.1) is 29.8 Å². The molecule has 37 heavy (non-hydrogen) atoms. The van der Waals surface area contributed by atoms with Gasteiger partial charge in [0, 0.05) is 18.5 Å². The van der Waals surface area contributed by atoms with Gasteiger partial charge in [-0.1, -0.05) is 48.0 Å². The summed E-state index contributed by atoms with van der Waals surface area (Å²) in [5.41, 5.74) is 6.28. The standard InChI is InChI=1S/C30H30N2O5/c1-19-7-9-20(10-8-19)17-22-11-12-24-27(23-5-3-4-6-25(23)31-28(22)24)30(35)37-18-26(33)32-15-13-21(14-16-32)29(34)36-2/h3-10,17,21H,11-16,18H2,1-2H3/b22-17+. The molecule has 0 unspecified atom stereocenters. The minimum atomic E-state index is -0.510. The van der Waals surface area contributed by atoms with Crippen LogP contribution in [0.3, 0.4) is 0 Å². The summed E-state index contributed by atoms with van der Waals surface area (Å²) in [6, 6.07) is 15.9.